The van der Waals surface area contributed by atoms with Crippen LogP contribution in [0.5, 0.6) is 0 Å². The number of carbonyl (C=O) groups excluding carboxylic acids is 1. The van der Waals surface area contributed by atoms with E-state index < -0.39 is 0 Å². The Kier molecular flexibility index (Phi) is 5.71. The van der Waals surface area contributed by atoms with Crippen LogP contribution >= 0.6 is 12.2 Å². The molecule has 2 N–H and O–H groups in total. The normalized spacial score (nSPS) is 12.3. The molecule has 1 aromatic carbocycles. The van der Waals surface area contributed by atoms with Gasteiger partial charge >= 0.3 is 0 Å². The van der Waals surface area contributed by atoms with E-state index in [0.29, 0.717) is 21.2 Å². The van der Waals surface area contributed by atoms with Crippen LogP contribution in [0.4, 0.5) is 0 Å². The van der Waals surface area contributed by atoms with E-state index in [0.717, 1.165) is 12.8 Å². The van der Waals surface area contributed by atoms with Crippen molar-refractivity contribution in [2.45, 2.75) is 45.6 Å². The van der Waals surface area contributed by atoms with Crippen molar-refractivity contribution < 1.29 is 4.79 Å². The average Bonchev–Trinajstić information content (AvgIpc) is 2.52. The van der Waals surface area contributed by atoms with Gasteiger partial charge in [-0.1, -0.05) is 26.2 Å². The Labute approximate surface area is 140 Å². The van der Waals surface area contributed by atoms with Crippen molar-refractivity contribution in [2.75, 3.05) is 0 Å². The minimum atomic E-state index is -0.163. The molecule has 0 bridgehead atoms. The molecule has 5 nitrogen and oxygen atoms in total. The van der Waals surface area contributed by atoms with Gasteiger partial charge in [-0.15, -0.1) is 0 Å². The number of carbonyl (C=O) groups is 1. The Morgan fingerprint density at radius 2 is 2.13 bits per heavy atom. The molecule has 0 saturated carbocycles. The summed E-state index contributed by atoms with van der Waals surface area (Å²) in [7, 11) is 1.62. The van der Waals surface area contributed by atoms with Gasteiger partial charge in [-0.25, -0.2) is 0 Å². The number of amides is 1. The van der Waals surface area contributed by atoms with E-state index in [2.05, 4.69) is 17.2 Å². The zero-order valence-corrected chi connectivity index (χ0v) is 14.6. The van der Waals surface area contributed by atoms with Crippen LogP contribution in [0.15, 0.2) is 23.0 Å². The predicted molar refractivity (Wildman–Crippen MR) is 95.4 cm³/mol. The monoisotopic (exact) mass is 333 g/mol. The molecule has 6 heteroatoms. The minimum absolute atomic E-state index is 0.129. The fraction of sp³-hybridized carbons (Fsp3) is 0.471. The highest BCUT2D eigenvalue weighted by Crippen LogP contribution is 2.11. The average molecular weight is 333 g/mol. The van der Waals surface area contributed by atoms with Crippen LogP contribution < -0.4 is 10.9 Å². The van der Waals surface area contributed by atoms with Crippen molar-refractivity contribution in [3.63, 3.8) is 0 Å². The van der Waals surface area contributed by atoms with Crippen molar-refractivity contribution in [3.8, 4) is 0 Å². The van der Waals surface area contributed by atoms with Gasteiger partial charge in [0.25, 0.3) is 11.5 Å². The molecular formula is C17H23N3O2S. The molecule has 0 unspecified atom stereocenters. The second-order valence-corrected chi connectivity index (χ2v) is 6.31. The van der Waals surface area contributed by atoms with Crippen LogP contribution in [-0.4, -0.2) is 21.5 Å². The molecule has 1 amide bonds. The maximum Gasteiger partial charge on any atom is 0.261 e. The number of hydrogen-bond donors (Lipinski definition) is 2. The molecule has 0 fully saturated rings. The first-order chi connectivity index (χ1) is 10.9. The zero-order chi connectivity index (χ0) is 17.0. The van der Waals surface area contributed by atoms with E-state index in [1.54, 1.807) is 25.2 Å². The molecule has 0 spiro atoms. The Balaban J connectivity index is 2.20. The van der Waals surface area contributed by atoms with Crippen molar-refractivity contribution in [2.24, 2.45) is 7.05 Å². The van der Waals surface area contributed by atoms with E-state index in [1.165, 1.54) is 17.4 Å². The number of fused-ring (bicyclic) bond motifs is 1. The predicted octanol–water partition coefficient (Wildman–Crippen LogP) is 3.29. The lowest BCUT2D eigenvalue weighted by atomic mass is 10.1. The van der Waals surface area contributed by atoms with Gasteiger partial charge in [-0.2, -0.15) is 0 Å². The van der Waals surface area contributed by atoms with Gasteiger partial charge in [-0.05, 0) is 43.8 Å². The molecule has 1 heterocycles. The number of benzene rings is 1. The quantitative estimate of drug-likeness (QED) is 0.630. The van der Waals surface area contributed by atoms with Crippen molar-refractivity contribution >= 4 is 29.0 Å². The number of rotatable bonds is 6. The van der Waals surface area contributed by atoms with Crippen molar-refractivity contribution in [1.82, 2.24) is 14.9 Å². The second kappa shape index (κ2) is 7.55. The summed E-state index contributed by atoms with van der Waals surface area (Å²) in [5, 5.41) is 3.52. The van der Waals surface area contributed by atoms with E-state index >= 15 is 0 Å². The first-order valence-electron chi connectivity index (χ1n) is 7.98. The third kappa shape index (κ3) is 4.07. The zero-order valence-electron chi connectivity index (χ0n) is 13.8. The molecular weight excluding hydrogens is 310 g/mol. The Bertz CT molecular complexity index is 823. The van der Waals surface area contributed by atoms with Crippen molar-refractivity contribution in [3.05, 3.63) is 38.9 Å². The number of aromatic amines is 1. The summed E-state index contributed by atoms with van der Waals surface area (Å²) in [5.74, 6) is -0.129. The molecule has 2 aromatic rings. The maximum atomic E-state index is 12.3. The van der Waals surface area contributed by atoms with Gasteiger partial charge < -0.3 is 10.3 Å². The highest BCUT2D eigenvalue weighted by Gasteiger charge is 2.11. The fourth-order valence-electron chi connectivity index (χ4n) is 2.53. The number of aromatic nitrogens is 2. The molecule has 2 rings (SSSR count). The SMILES string of the molecule is CCCCC[C@H](C)NC(=O)c1ccc2c(=O)n(C)c(=S)[nH]c2c1. The summed E-state index contributed by atoms with van der Waals surface area (Å²) in [6.45, 7) is 4.17. The number of H-pyrrole nitrogens is 1. The third-order valence-electron chi connectivity index (χ3n) is 3.98. The lowest BCUT2D eigenvalue weighted by Crippen LogP contribution is -2.32. The maximum absolute atomic E-state index is 12.3. The first-order valence-corrected chi connectivity index (χ1v) is 8.38. The molecule has 0 aliphatic heterocycles. The first kappa shape index (κ1) is 17.4. The van der Waals surface area contributed by atoms with E-state index in [-0.39, 0.29) is 17.5 Å². The fourth-order valence-corrected chi connectivity index (χ4v) is 2.72. The van der Waals surface area contributed by atoms with Crippen LogP contribution in [0, 0.1) is 4.77 Å². The van der Waals surface area contributed by atoms with E-state index in [9.17, 15) is 9.59 Å². The topological polar surface area (TPSA) is 66.9 Å². The standard InChI is InChI=1S/C17H23N3O2S/c1-4-5-6-7-11(2)18-15(21)12-8-9-13-14(10-12)19-17(23)20(3)16(13)22/h8-11H,4-7H2,1-3H3,(H,18,21)(H,19,23)/t11-/m0/s1. The van der Waals surface area contributed by atoms with Gasteiger partial charge in [0.05, 0.1) is 10.9 Å². The molecule has 0 saturated heterocycles. The molecule has 23 heavy (non-hydrogen) atoms. The van der Waals surface area contributed by atoms with Crippen LogP contribution in [0.2, 0.25) is 0 Å². The largest absolute Gasteiger partial charge is 0.350 e. The van der Waals surface area contributed by atoms with E-state index in [1.807, 2.05) is 6.92 Å². The lowest BCUT2D eigenvalue weighted by Gasteiger charge is -2.14. The van der Waals surface area contributed by atoms with E-state index in [4.69, 9.17) is 12.2 Å². The van der Waals surface area contributed by atoms with Crippen LogP contribution in [0.1, 0.15) is 49.9 Å². The molecule has 0 aliphatic carbocycles. The van der Waals surface area contributed by atoms with Gasteiger partial charge in [-0.3, -0.25) is 14.2 Å². The van der Waals surface area contributed by atoms with Gasteiger partial charge in [0.1, 0.15) is 0 Å². The Morgan fingerprint density at radius 1 is 1.39 bits per heavy atom. The number of nitrogens with one attached hydrogen (secondary N) is 2. The third-order valence-corrected chi connectivity index (χ3v) is 4.36. The lowest BCUT2D eigenvalue weighted by molar-refractivity contribution is 0.0938. The number of unbranched alkanes of at least 4 members (excludes halogenated alkanes) is 2. The Morgan fingerprint density at radius 3 is 2.83 bits per heavy atom. The van der Waals surface area contributed by atoms with Crippen LogP contribution in [0.3, 0.4) is 0 Å². The molecule has 124 valence electrons. The van der Waals surface area contributed by atoms with Gasteiger partial charge in [0.15, 0.2) is 4.77 Å². The molecule has 1 aromatic heterocycles. The Hall–Kier alpha value is -1.95. The summed E-state index contributed by atoms with van der Waals surface area (Å²) >= 11 is 5.11. The number of hydrogen-bond acceptors (Lipinski definition) is 3. The highest BCUT2D eigenvalue weighted by atomic mass is 32.1. The number of nitrogens with zero attached hydrogens (tertiary/aromatic N) is 1. The van der Waals surface area contributed by atoms with Gasteiger partial charge in [0.2, 0.25) is 0 Å². The second-order valence-electron chi connectivity index (χ2n) is 5.92. The summed E-state index contributed by atoms with van der Waals surface area (Å²) in [5.41, 5.74) is 0.951. The summed E-state index contributed by atoms with van der Waals surface area (Å²) in [4.78, 5) is 27.5. The summed E-state index contributed by atoms with van der Waals surface area (Å²) in [6.07, 6.45) is 4.42. The van der Waals surface area contributed by atoms with Gasteiger partial charge in [0, 0.05) is 18.7 Å². The highest BCUT2D eigenvalue weighted by molar-refractivity contribution is 7.71. The molecule has 1 atom stereocenters. The van der Waals surface area contributed by atoms with Crippen LogP contribution in [0.25, 0.3) is 10.9 Å². The van der Waals surface area contributed by atoms with Crippen molar-refractivity contribution in [1.29, 1.82) is 0 Å². The molecule has 0 aliphatic rings. The smallest absolute Gasteiger partial charge is 0.261 e. The summed E-state index contributed by atoms with van der Waals surface area (Å²) in [6, 6.07) is 5.15. The minimum Gasteiger partial charge on any atom is -0.350 e. The molecule has 0 radical (unpaired) electrons. The summed E-state index contributed by atoms with van der Waals surface area (Å²) < 4.78 is 1.72. The van der Waals surface area contributed by atoms with Crippen LogP contribution in [-0.2, 0) is 7.05 Å².